The maximum Gasteiger partial charge on any atom is 0.317 e. The van der Waals surface area contributed by atoms with Crippen molar-refractivity contribution in [1.29, 1.82) is 0 Å². The molecule has 0 bridgehead atoms. The largest absolute Gasteiger partial charge is 0.481 e. The minimum absolute atomic E-state index is 0.0206. The highest BCUT2D eigenvalue weighted by atomic mass is 16.4. The molecule has 21 heavy (non-hydrogen) atoms. The van der Waals surface area contributed by atoms with Gasteiger partial charge in [0.25, 0.3) is 0 Å². The fraction of sp³-hybridized carbons (Fsp3) is 0.875. The lowest BCUT2D eigenvalue weighted by atomic mass is 9.76. The molecule has 2 amide bonds. The number of carboxylic acids is 1. The first-order chi connectivity index (χ1) is 9.78. The normalized spacial score (nSPS) is 27.4. The molecule has 5 nitrogen and oxygen atoms in total. The summed E-state index contributed by atoms with van der Waals surface area (Å²) in [5, 5.41) is 12.5. The number of aliphatic carboxylic acids is 1. The standard InChI is InChI=1S/C16H28N2O3/c1-4-16(13(19)20)7-9-18(10-8-16)14(21)17-12-5-6-15(2,3)11-12/h12H,4-11H2,1-3H3,(H,17,21)(H,19,20). The van der Waals surface area contributed by atoms with Crippen LogP contribution in [-0.4, -0.2) is 41.1 Å². The lowest BCUT2D eigenvalue weighted by Crippen LogP contribution is -2.51. The van der Waals surface area contributed by atoms with Crippen molar-refractivity contribution >= 4 is 12.0 Å². The van der Waals surface area contributed by atoms with Gasteiger partial charge in [0.1, 0.15) is 0 Å². The summed E-state index contributed by atoms with van der Waals surface area (Å²) in [6.07, 6.45) is 4.97. The fourth-order valence-electron chi connectivity index (χ4n) is 3.68. The smallest absolute Gasteiger partial charge is 0.317 e. The van der Waals surface area contributed by atoms with Crippen molar-refractivity contribution in [3.05, 3.63) is 0 Å². The molecule has 0 spiro atoms. The van der Waals surface area contributed by atoms with E-state index < -0.39 is 11.4 Å². The molecule has 5 heteroatoms. The fourth-order valence-corrected chi connectivity index (χ4v) is 3.68. The second-order valence-corrected chi connectivity index (χ2v) is 7.48. The van der Waals surface area contributed by atoms with Crippen LogP contribution < -0.4 is 5.32 Å². The Morgan fingerprint density at radius 1 is 1.24 bits per heavy atom. The summed E-state index contributed by atoms with van der Waals surface area (Å²) in [5.41, 5.74) is -0.313. The summed E-state index contributed by atoms with van der Waals surface area (Å²) in [6.45, 7) is 7.49. The molecule has 1 unspecified atom stereocenters. The zero-order valence-corrected chi connectivity index (χ0v) is 13.4. The third kappa shape index (κ3) is 3.50. The van der Waals surface area contributed by atoms with Gasteiger partial charge in [-0.05, 0) is 43.9 Å². The van der Waals surface area contributed by atoms with Gasteiger partial charge in [0, 0.05) is 19.1 Å². The van der Waals surface area contributed by atoms with Crippen LogP contribution in [-0.2, 0) is 4.79 Å². The molecule has 2 N–H and O–H groups in total. The van der Waals surface area contributed by atoms with Crippen LogP contribution in [0.4, 0.5) is 4.79 Å². The monoisotopic (exact) mass is 296 g/mol. The summed E-state index contributed by atoms with van der Waals surface area (Å²) in [5.74, 6) is -0.720. The van der Waals surface area contributed by atoms with Gasteiger partial charge in [-0.15, -0.1) is 0 Å². The zero-order chi connectivity index (χ0) is 15.7. The Hall–Kier alpha value is -1.26. The first-order valence-electron chi connectivity index (χ1n) is 8.07. The Morgan fingerprint density at radius 3 is 2.29 bits per heavy atom. The van der Waals surface area contributed by atoms with Gasteiger partial charge in [0.05, 0.1) is 5.41 Å². The molecular weight excluding hydrogens is 268 g/mol. The summed E-state index contributed by atoms with van der Waals surface area (Å²) < 4.78 is 0. The molecule has 2 fully saturated rings. The van der Waals surface area contributed by atoms with Gasteiger partial charge in [-0.2, -0.15) is 0 Å². The SMILES string of the molecule is CCC1(C(=O)O)CCN(C(=O)NC2CCC(C)(C)C2)CC1. The van der Waals surface area contributed by atoms with Gasteiger partial charge in [-0.3, -0.25) is 4.79 Å². The Morgan fingerprint density at radius 2 is 1.86 bits per heavy atom. The number of hydrogen-bond acceptors (Lipinski definition) is 2. The third-order valence-electron chi connectivity index (χ3n) is 5.43. The Balaban J connectivity index is 1.85. The number of rotatable bonds is 3. The first-order valence-corrected chi connectivity index (χ1v) is 8.07. The van der Waals surface area contributed by atoms with Gasteiger partial charge in [-0.25, -0.2) is 4.79 Å². The van der Waals surface area contributed by atoms with Crippen molar-refractivity contribution in [2.75, 3.05) is 13.1 Å². The molecule has 1 heterocycles. The lowest BCUT2D eigenvalue weighted by Gasteiger charge is -2.38. The number of piperidine rings is 1. The number of nitrogens with one attached hydrogen (secondary N) is 1. The molecule has 0 aromatic heterocycles. The number of likely N-dealkylation sites (tertiary alicyclic amines) is 1. The van der Waals surface area contributed by atoms with Gasteiger partial charge < -0.3 is 15.3 Å². The minimum atomic E-state index is -0.720. The maximum atomic E-state index is 12.3. The van der Waals surface area contributed by atoms with Crippen LogP contribution in [0.15, 0.2) is 0 Å². The molecule has 2 rings (SSSR count). The molecular formula is C16H28N2O3. The predicted molar refractivity (Wildman–Crippen MR) is 81.1 cm³/mol. The van der Waals surface area contributed by atoms with Crippen LogP contribution in [0, 0.1) is 10.8 Å². The zero-order valence-electron chi connectivity index (χ0n) is 13.4. The molecule has 120 valence electrons. The van der Waals surface area contributed by atoms with Gasteiger partial charge in [0.15, 0.2) is 0 Å². The van der Waals surface area contributed by atoms with E-state index in [1.165, 1.54) is 0 Å². The number of carbonyl (C=O) groups is 2. The number of carboxylic acid groups (broad SMARTS) is 1. The number of carbonyl (C=O) groups excluding carboxylic acids is 1. The van der Waals surface area contributed by atoms with Crippen LogP contribution in [0.3, 0.4) is 0 Å². The third-order valence-corrected chi connectivity index (χ3v) is 5.43. The van der Waals surface area contributed by atoms with Crippen molar-refractivity contribution in [3.8, 4) is 0 Å². The van der Waals surface area contributed by atoms with Gasteiger partial charge in [-0.1, -0.05) is 20.8 Å². The van der Waals surface area contributed by atoms with Crippen molar-refractivity contribution in [2.24, 2.45) is 10.8 Å². The van der Waals surface area contributed by atoms with E-state index in [4.69, 9.17) is 0 Å². The van der Waals surface area contributed by atoms with Crippen molar-refractivity contribution < 1.29 is 14.7 Å². The number of urea groups is 1. The van der Waals surface area contributed by atoms with Crippen LogP contribution in [0.5, 0.6) is 0 Å². The maximum absolute atomic E-state index is 12.3. The van der Waals surface area contributed by atoms with Gasteiger partial charge in [0.2, 0.25) is 0 Å². The van der Waals surface area contributed by atoms with Crippen LogP contribution in [0.1, 0.15) is 59.3 Å². The quantitative estimate of drug-likeness (QED) is 0.841. The molecule has 1 saturated carbocycles. The average molecular weight is 296 g/mol. The van der Waals surface area contributed by atoms with Crippen molar-refractivity contribution in [1.82, 2.24) is 10.2 Å². The van der Waals surface area contributed by atoms with Gasteiger partial charge >= 0.3 is 12.0 Å². The summed E-state index contributed by atoms with van der Waals surface area (Å²) in [6, 6.07) is 0.248. The average Bonchev–Trinajstić information content (AvgIpc) is 2.77. The van der Waals surface area contributed by atoms with E-state index in [0.717, 1.165) is 19.3 Å². The summed E-state index contributed by atoms with van der Waals surface area (Å²) in [7, 11) is 0. The van der Waals surface area contributed by atoms with Crippen LogP contribution >= 0.6 is 0 Å². The minimum Gasteiger partial charge on any atom is -0.481 e. The molecule has 0 aromatic rings. The number of amides is 2. The van der Waals surface area contributed by atoms with E-state index >= 15 is 0 Å². The molecule has 1 aliphatic heterocycles. The van der Waals surface area contributed by atoms with Crippen LogP contribution in [0.25, 0.3) is 0 Å². The highest BCUT2D eigenvalue weighted by Crippen LogP contribution is 2.38. The topological polar surface area (TPSA) is 69.6 Å². The number of nitrogens with zero attached hydrogens (tertiary/aromatic N) is 1. The molecule has 2 aliphatic rings. The highest BCUT2D eigenvalue weighted by Gasteiger charge is 2.41. The van der Waals surface area contributed by atoms with Crippen LogP contribution in [0.2, 0.25) is 0 Å². The van der Waals surface area contributed by atoms with E-state index in [1.54, 1.807) is 4.90 Å². The Bertz CT molecular complexity index is 412. The summed E-state index contributed by atoms with van der Waals surface area (Å²) in [4.78, 5) is 25.5. The molecule has 1 aliphatic carbocycles. The molecule has 1 atom stereocenters. The molecule has 0 radical (unpaired) electrons. The summed E-state index contributed by atoms with van der Waals surface area (Å²) >= 11 is 0. The van der Waals surface area contributed by atoms with Crippen molar-refractivity contribution in [2.45, 2.75) is 65.3 Å². The van der Waals surface area contributed by atoms with Crippen molar-refractivity contribution in [3.63, 3.8) is 0 Å². The highest BCUT2D eigenvalue weighted by molar-refractivity contribution is 5.77. The second-order valence-electron chi connectivity index (χ2n) is 7.48. The number of hydrogen-bond donors (Lipinski definition) is 2. The van der Waals surface area contributed by atoms with E-state index in [0.29, 0.717) is 37.8 Å². The van der Waals surface area contributed by atoms with E-state index in [-0.39, 0.29) is 12.1 Å². The lowest BCUT2D eigenvalue weighted by molar-refractivity contribution is -0.151. The van der Waals surface area contributed by atoms with E-state index in [2.05, 4.69) is 19.2 Å². The predicted octanol–water partition coefficient (Wildman–Crippen LogP) is 2.85. The van der Waals surface area contributed by atoms with E-state index in [9.17, 15) is 14.7 Å². The molecule has 0 aromatic carbocycles. The van der Waals surface area contributed by atoms with E-state index in [1.807, 2.05) is 6.92 Å². The first kappa shape index (κ1) is 16.1. The molecule has 1 saturated heterocycles. The second kappa shape index (κ2) is 5.85. The Kier molecular flexibility index (Phi) is 4.49. The Labute approximate surface area is 127 Å².